The lowest BCUT2D eigenvalue weighted by Crippen LogP contribution is -2.47. The molecule has 0 unspecified atom stereocenters. The van der Waals surface area contributed by atoms with Gasteiger partial charge in [0.15, 0.2) is 11.6 Å². The van der Waals surface area contributed by atoms with Crippen molar-refractivity contribution in [3.63, 3.8) is 0 Å². The molecule has 1 atom stereocenters. The van der Waals surface area contributed by atoms with Gasteiger partial charge in [-0.05, 0) is 79.9 Å². The predicted octanol–water partition coefficient (Wildman–Crippen LogP) is 6.18. The van der Waals surface area contributed by atoms with Crippen molar-refractivity contribution >= 4 is 28.0 Å². The smallest absolute Gasteiger partial charge is 0.410 e. The van der Waals surface area contributed by atoms with Crippen molar-refractivity contribution < 1.29 is 23.0 Å². The van der Waals surface area contributed by atoms with Crippen LogP contribution >= 0.6 is 15.9 Å². The fourth-order valence-corrected chi connectivity index (χ4v) is 4.01. The lowest BCUT2D eigenvalue weighted by Gasteiger charge is -2.34. The lowest BCUT2D eigenvalue weighted by molar-refractivity contribution is 0.0206. The quantitative estimate of drug-likeness (QED) is 0.372. The Morgan fingerprint density at radius 2 is 1.94 bits per heavy atom. The van der Waals surface area contributed by atoms with Crippen LogP contribution in [0.1, 0.15) is 33.6 Å². The van der Waals surface area contributed by atoms with Gasteiger partial charge in [-0.1, -0.05) is 0 Å². The van der Waals surface area contributed by atoms with Crippen LogP contribution < -0.4 is 10.1 Å². The molecule has 1 aliphatic rings. The normalized spacial score (nSPS) is 15.9. The maximum absolute atomic E-state index is 14.4. The summed E-state index contributed by atoms with van der Waals surface area (Å²) in [6.07, 6.45) is 4.36. The number of hydrogen-bond donors (Lipinski definition) is 1. The second-order valence-electron chi connectivity index (χ2n) is 9.31. The van der Waals surface area contributed by atoms with Crippen LogP contribution in [0.2, 0.25) is 0 Å². The average molecular weight is 562 g/mol. The molecule has 2 aromatic heterocycles. The van der Waals surface area contributed by atoms with Gasteiger partial charge in [-0.2, -0.15) is 4.39 Å². The van der Waals surface area contributed by atoms with Gasteiger partial charge in [0.2, 0.25) is 17.6 Å². The van der Waals surface area contributed by atoms with Gasteiger partial charge in [-0.25, -0.2) is 24.1 Å². The second kappa shape index (κ2) is 10.7. The molecule has 36 heavy (non-hydrogen) atoms. The Morgan fingerprint density at radius 3 is 2.72 bits per heavy atom. The molecule has 8 nitrogen and oxygen atoms in total. The standard InChI is InChI=1S/C25H26BrF2N5O3/c1-25(2,3)36-24(34)33-13-5-6-15(14-33)31-23-30-12-10-18(32-23)16-7-4-11-29-22(16)35-19-9-8-17(26)20(27)21(19)28/h4,7-12,15H,5-6,13-14H2,1-3H3,(H,30,31,32)/t15-/m0/s1. The molecular weight excluding hydrogens is 536 g/mol. The average Bonchev–Trinajstić information content (AvgIpc) is 2.84. The van der Waals surface area contributed by atoms with E-state index in [-0.39, 0.29) is 28.2 Å². The van der Waals surface area contributed by atoms with Crippen molar-refractivity contribution in [3.05, 3.63) is 58.8 Å². The lowest BCUT2D eigenvalue weighted by atomic mass is 10.1. The molecular formula is C25H26BrF2N5O3. The number of carbonyl (C=O) groups excluding carboxylic acids is 1. The van der Waals surface area contributed by atoms with Crippen LogP contribution in [0.25, 0.3) is 11.3 Å². The molecule has 0 spiro atoms. The second-order valence-corrected chi connectivity index (χ2v) is 10.2. The zero-order chi connectivity index (χ0) is 25.9. The van der Waals surface area contributed by atoms with E-state index in [9.17, 15) is 13.6 Å². The largest absolute Gasteiger partial charge is 0.444 e. The highest BCUT2D eigenvalue weighted by Gasteiger charge is 2.28. The Kier molecular flexibility index (Phi) is 7.67. The summed E-state index contributed by atoms with van der Waals surface area (Å²) in [4.78, 5) is 27.2. The van der Waals surface area contributed by atoms with Crippen LogP contribution in [0.5, 0.6) is 11.6 Å². The summed E-state index contributed by atoms with van der Waals surface area (Å²) >= 11 is 2.95. The number of anilines is 1. The molecule has 0 saturated carbocycles. The van der Waals surface area contributed by atoms with Crippen LogP contribution in [0.4, 0.5) is 19.5 Å². The van der Waals surface area contributed by atoms with E-state index in [2.05, 4.69) is 36.2 Å². The van der Waals surface area contributed by atoms with Gasteiger partial charge in [0, 0.05) is 31.5 Å². The van der Waals surface area contributed by atoms with Crippen molar-refractivity contribution in [2.45, 2.75) is 45.3 Å². The van der Waals surface area contributed by atoms with Gasteiger partial charge in [0.25, 0.3) is 0 Å². The Bertz CT molecular complexity index is 1250. The SMILES string of the molecule is CC(C)(C)OC(=O)N1CCC[C@H](Nc2nccc(-c3cccnc3Oc3ccc(Br)c(F)c3F)n2)C1. The number of rotatable bonds is 5. The summed E-state index contributed by atoms with van der Waals surface area (Å²) in [6.45, 7) is 6.58. The van der Waals surface area contributed by atoms with Crippen molar-refractivity contribution in [2.75, 3.05) is 18.4 Å². The molecule has 190 valence electrons. The Labute approximate surface area is 216 Å². The third-order valence-electron chi connectivity index (χ3n) is 5.32. The molecule has 0 aliphatic carbocycles. The number of hydrogen-bond acceptors (Lipinski definition) is 7. The number of benzene rings is 1. The number of nitrogens with zero attached hydrogens (tertiary/aromatic N) is 4. The number of nitrogens with one attached hydrogen (secondary N) is 1. The van der Waals surface area contributed by atoms with Crippen molar-refractivity contribution in [1.29, 1.82) is 0 Å². The zero-order valence-electron chi connectivity index (χ0n) is 20.1. The van der Waals surface area contributed by atoms with Gasteiger partial charge < -0.3 is 19.7 Å². The van der Waals surface area contributed by atoms with Gasteiger partial charge in [0.1, 0.15) is 5.60 Å². The van der Waals surface area contributed by atoms with Crippen LogP contribution in [-0.2, 0) is 4.74 Å². The summed E-state index contributed by atoms with van der Waals surface area (Å²) in [5.41, 5.74) is 0.390. The highest BCUT2D eigenvalue weighted by Crippen LogP contribution is 2.34. The first-order valence-electron chi connectivity index (χ1n) is 11.4. The van der Waals surface area contributed by atoms with E-state index in [4.69, 9.17) is 9.47 Å². The third kappa shape index (κ3) is 6.26. The molecule has 1 saturated heterocycles. The van der Waals surface area contributed by atoms with Crippen LogP contribution in [0.3, 0.4) is 0 Å². The molecule has 1 aliphatic heterocycles. The van der Waals surface area contributed by atoms with Crippen LogP contribution in [-0.4, -0.2) is 50.7 Å². The Morgan fingerprint density at radius 1 is 1.14 bits per heavy atom. The molecule has 1 fully saturated rings. The molecule has 11 heteroatoms. The fourth-order valence-electron chi connectivity index (χ4n) is 3.71. The number of carbonyl (C=O) groups is 1. The maximum Gasteiger partial charge on any atom is 0.410 e. The van der Waals surface area contributed by atoms with E-state index in [1.54, 1.807) is 29.3 Å². The van der Waals surface area contributed by atoms with Crippen LogP contribution in [0, 0.1) is 11.6 Å². The predicted molar refractivity (Wildman–Crippen MR) is 134 cm³/mol. The van der Waals surface area contributed by atoms with Gasteiger partial charge in [-0.15, -0.1) is 0 Å². The molecule has 3 aromatic rings. The first-order valence-corrected chi connectivity index (χ1v) is 12.2. The minimum absolute atomic E-state index is 0.00643. The van der Waals surface area contributed by atoms with E-state index in [1.807, 2.05) is 20.8 Å². The van der Waals surface area contributed by atoms with E-state index in [0.717, 1.165) is 12.8 Å². The van der Waals surface area contributed by atoms with Gasteiger partial charge >= 0.3 is 6.09 Å². The highest BCUT2D eigenvalue weighted by atomic mass is 79.9. The summed E-state index contributed by atoms with van der Waals surface area (Å²) in [6, 6.07) is 7.68. The fraction of sp³-hybridized carbons (Fsp3) is 0.360. The number of ether oxygens (including phenoxy) is 2. The molecule has 3 heterocycles. The van der Waals surface area contributed by atoms with E-state index >= 15 is 0 Å². The molecule has 1 N–H and O–H groups in total. The maximum atomic E-state index is 14.4. The first-order chi connectivity index (χ1) is 17.1. The number of likely N-dealkylation sites (tertiary alicyclic amines) is 1. The summed E-state index contributed by atoms with van der Waals surface area (Å²) in [5, 5.41) is 3.28. The Balaban J connectivity index is 1.51. The number of halogens is 3. The monoisotopic (exact) mass is 561 g/mol. The molecule has 0 bridgehead atoms. The summed E-state index contributed by atoms with van der Waals surface area (Å²) in [5.74, 6) is -2.05. The molecule has 0 radical (unpaired) electrons. The van der Waals surface area contributed by atoms with E-state index < -0.39 is 17.2 Å². The minimum atomic E-state index is -1.13. The van der Waals surface area contributed by atoms with Crippen LogP contribution in [0.15, 0.2) is 47.2 Å². The van der Waals surface area contributed by atoms with E-state index in [0.29, 0.717) is 30.3 Å². The first kappa shape index (κ1) is 25.7. The molecule has 1 amide bonds. The highest BCUT2D eigenvalue weighted by molar-refractivity contribution is 9.10. The number of amides is 1. The van der Waals surface area contributed by atoms with E-state index in [1.165, 1.54) is 18.3 Å². The Hall–Kier alpha value is -3.34. The summed E-state index contributed by atoms with van der Waals surface area (Å²) in [7, 11) is 0. The zero-order valence-corrected chi connectivity index (χ0v) is 21.7. The molecule has 4 rings (SSSR count). The van der Waals surface area contributed by atoms with Crippen molar-refractivity contribution in [1.82, 2.24) is 19.9 Å². The van der Waals surface area contributed by atoms with Crippen molar-refractivity contribution in [3.8, 4) is 22.9 Å². The summed E-state index contributed by atoms with van der Waals surface area (Å²) < 4.78 is 39.4. The van der Waals surface area contributed by atoms with Gasteiger partial charge in [0.05, 0.1) is 15.7 Å². The van der Waals surface area contributed by atoms with Gasteiger partial charge in [-0.3, -0.25) is 0 Å². The number of pyridine rings is 1. The topological polar surface area (TPSA) is 89.5 Å². The van der Waals surface area contributed by atoms with Crippen molar-refractivity contribution in [2.24, 2.45) is 0 Å². The molecule has 1 aromatic carbocycles. The number of piperidine rings is 1. The number of aromatic nitrogens is 3. The minimum Gasteiger partial charge on any atom is -0.444 e. The third-order valence-corrected chi connectivity index (χ3v) is 5.93.